The molecule has 0 amide bonds. The van der Waals surface area contributed by atoms with Crippen molar-refractivity contribution in [3.63, 3.8) is 0 Å². The molecule has 4 aromatic heterocycles. The number of thiophene rings is 1. The Morgan fingerprint density at radius 3 is 2.50 bits per heavy atom. The van der Waals surface area contributed by atoms with Gasteiger partial charge in [0.2, 0.25) is 0 Å². The van der Waals surface area contributed by atoms with E-state index in [9.17, 15) is 0 Å². The second-order valence-corrected chi connectivity index (χ2v) is 10.8. The third kappa shape index (κ3) is 6.07. The molecule has 1 aliphatic carbocycles. The maximum atomic E-state index is 8.45. The first-order valence-electron chi connectivity index (χ1n) is 16.2. The summed E-state index contributed by atoms with van der Waals surface area (Å²) in [5.74, 6) is 0.441. The summed E-state index contributed by atoms with van der Waals surface area (Å²) in [6, 6.07) is 23.2. The Kier molecular flexibility index (Phi) is 6.96. The summed E-state index contributed by atoms with van der Waals surface area (Å²) in [5.41, 5.74) is 4.49. The number of rotatable bonds is 3. The van der Waals surface area contributed by atoms with Crippen LogP contribution in [0.25, 0.3) is 42.7 Å². The van der Waals surface area contributed by atoms with Gasteiger partial charge in [0.1, 0.15) is 0 Å². The molecular formula is C35H31IrN3S-2. The molecule has 203 valence electrons. The molecule has 1 aliphatic rings. The molecule has 6 aromatic rings. The van der Waals surface area contributed by atoms with Gasteiger partial charge in [-0.2, -0.15) is 11.3 Å². The Balaban J connectivity index is 0.000000250. The van der Waals surface area contributed by atoms with Crippen LogP contribution in [-0.2, 0) is 20.1 Å². The second kappa shape index (κ2) is 13.0. The Hall–Kier alpha value is -3.24. The first-order valence-corrected chi connectivity index (χ1v) is 14.1. The Morgan fingerprint density at radius 2 is 1.73 bits per heavy atom. The van der Waals surface area contributed by atoms with E-state index in [2.05, 4.69) is 28.2 Å². The molecule has 7 rings (SSSR count). The van der Waals surface area contributed by atoms with Crippen LogP contribution in [-0.4, -0.2) is 15.0 Å². The minimum absolute atomic E-state index is 0. The Morgan fingerprint density at radius 1 is 0.850 bits per heavy atom. The average molecular weight is 724 g/mol. The first-order chi connectivity index (χ1) is 21.6. The summed E-state index contributed by atoms with van der Waals surface area (Å²) in [6.07, 6.45) is 9.22. The topological polar surface area (TPSA) is 38.7 Å². The number of nitrogens with zero attached hydrogens (tertiary/aromatic N) is 3. The molecule has 2 aromatic carbocycles. The first kappa shape index (κ1) is 21.5. The van der Waals surface area contributed by atoms with Gasteiger partial charge in [0.25, 0.3) is 0 Å². The third-order valence-electron chi connectivity index (χ3n) is 7.09. The van der Waals surface area contributed by atoms with Crippen LogP contribution in [0.5, 0.6) is 0 Å². The SMILES string of the molecule is Cc1ccc(-c2[c-]cccc2)nc1.[2H]c1nc(-c2[c-]ccc3c2sc2c(C4CCCCC4)nccc23)c([2H])c([2H])c1C([2H])([2H])[2H].[Ir]. The van der Waals surface area contributed by atoms with Gasteiger partial charge >= 0.3 is 0 Å². The van der Waals surface area contributed by atoms with Crippen molar-refractivity contribution in [2.45, 2.75) is 51.8 Å². The average Bonchev–Trinajstić information content (AvgIpc) is 3.43. The minimum atomic E-state index is -2.66. The van der Waals surface area contributed by atoms with Gasteiger partial charge in [-0.15, -0.1) is 59.7 Å². The predicted octanol–water partition coefficient (Wildman–Crippen LogP) is 9.52. The van der Waals surface area contributed by atoms with Crippen molar-refractivity contribution in [2.24, 2.45) is 0 Å². The van der Waals surface area contributed by atoms with Crippen LogP contribution in [0.1, 0.15) is 63.1 Å². The summed E-state index contributed by atoms with van der Waals surface area (Å²) in [4.78, 5) is 13.2. The molecule has 5 heteroatoms. The van der Waals surface area contributed by atoms with Crippen LogP contribution in [0, 0.1) is 25.9 Å². The molecular weight excluding hydrogens is 687 g/mol. The van der Waals surface area contributed by atoms with E-state index in [1.807, 2.05) is 61.8 Å². The van der Waals surface area contributed by atoms with Crippen LogP contribution in [0.2, 0.25) is 0 Å². The summed E-state index contributed by atoms with van der Waals surface area (Å²) in [5, 5.41) is 2.09. The number of hydrogen-bond acceptors (Lipinski definition) is 4. The van der Waals surface area contributed by atoms with E-state index in [0.29, 0.717) is 11.5 Å². The molecule has 0 N–H and O–H groups in total. The zero-order chi connectivity index (χ0) is 31.7. The van der Waals surface area contributed by atoms with Crippen molar-refractivity contribution in [2.75, 3.05) is 0 Å². The fraction of sp³-hybridized carbons (Fsp3) is 0.229. The number of aryl methyl sites for hydroxylation is 1. The predicted molar refractivity (Wildman–Crippen MR) is 163 cm³/mol. The number of fused-ring (bicyclic) bond motifs is 3. The number of benzene rings is 2. The maximum absolute atomic E-state index is 8.45. The van der Waals surface area contributed by atoms with Crippen LogP contribution in [0.3, 0.4) is 0 Å². The normalized spacial score (nSPS) is 15.9. The van der Waals surface area contributed by atoms with E-state index in [0.717, 1.165) is 50.0 Å². The molecule has 1 radical (unpaired) electrons. The van der Waals surface area contributed by atoms with Gasteiger partial charge in [0.05, 0.1) is 9.81 Å². The van der Waals surface area contributed by atoms with E-state index in [1.165, 1.54) is 24.8 Å². The van der Waals surface area contributed by atoms with Crippen molar-refractivity contribution in [3.8, 4) is 22.5 Å². The molecule has 1 saturated carbocycles. The number of aromatic nitrogens is 3. The molecule has 0 atom stereocenters. The number of hydrogen-bond donors (Lipinski definition) is 0. The monoisotopic (exact) mass is 724 g/mol. The maximum Gasteiger partial charge on any atom is 0.0832 e. The molecule has 0 saturated heterocycles. The van der Waals surface area contributed by atoms with E-state index in [1.54, 1.807) is 17.4 Å². The van der Waals surface area contributed by atoms with Crippen molar-refractivity contribution in [1.82, 2.24) is 15.0 Å². The Labute approximate surface area is 262 Å². The van der Waals surface area contributed by atoms with Crippen LogP contribution < -0.4 is 0 Å². The van der Waals surface area contributed by atoms with Gasteiger partial charge in [-0.25, -0.2) is 0 Å². The largest absolute Gasteiger partial charge is 0.304 e. The van der Waals surface area contributed by atoms with Crippen LogP contribution in [0.4, 0.5) is 0 Å². The Bertz CT molecular complexity index is 1970. The molecule has 3 nitrogen and oxygen atoms in total. The quantitative estimate of drug-likeness (QED) is 0.171. The fourth-order valence-corrected chi connectivity index (χ4v) is 6.48. The van der Waals surface area contributed by atoms with Gasteiger partial charge in [0, 0.05) is 53.4 Å². The van der Waals surface area contributed by atoms with Gasteiger partial charge in [-0.3, -0.25) is 4.98 Å². The van der Waals surface area contributed by atoms with E-state index in [4.69, 9.17) is 13.2 Å². The minimum Gasteiger partial charge on any atom is -0.304 e. The molecule has 0 spiro atoms. The molecule has 0 bridgehead atoms. The summed E-state index contributed by atoms with van der Waals surface area (Å²) < 4.78 is 49.7. The molecule has 0 aliphatic heterocycles. The second-order valence-electron chi connectivity index (χ2n) is 9.80. The van der Waals surface area contributed by atoms with E-state index in [-0.39, 0.29) is 31.8 Å². The van der Waals surface area contributed by atoms with E-state index < -0.39 is 24.6 Å². The molecule has 0 unspecified atom stereocenters. The molecule has 1 fully saturated rings. The van der Waals surface area contributed by atoms with Gasteiger partial charge < -0.3 is 9.97 Å². The van der Waals surface area contributed by atoms with E-state index >= 15 is 0 Å². The van der Waals surface area contributed by atoms with Crippen molar-refractivity contribution >= 4 is 31.5 Å². The number of pyridine rings is 3. The zero-order valence-corrected chi connectivity index (χ0v) is 25.3. The van der Waals surface area contributed by atoms with Crippen molar-refractivity contribution in [1.29, 1.82) is 0 Å². The van der Waals surface area contributed by atoms with Gasteiger partial charge in [-0.05, 0) is 65.3 Å². The summed E-state index contributed by atoms with van der Waals surface area (Å²) in [6.45, 7) is -0.630. The van der Waals surface area contributed by atoms with Crippen molar-refractivity contribution < 1.29 is 28.3 Å². The van der Waals surface area contributed by atoms with Crippen molar-refractivity contribution in [3.05, 3.63) is 114 Å². The smallest absolute Gasteiger partial charge is 0.0832 e. The standard InChI is InChI=1S/C23H21N2S.C12H10N.Ir/c1-15-10-11-20(25-14-15)19-9-5-8-17-18-12-13-24-21(23(18)26-22(17)19)16-6-3-2-4-7-16;1-10-7-8-12(13-9-10)11-5-3-2-4-6-11;/h5,8,10-14,16H,2-4,6-7H2,1H3;2-5,7-9H,1H3;/q2*-1;/i1D3,10D,11D,14D;;. The summed E-state index contributed by atoms with van der Waals surface area (Å²) >= 11 is 1.58. The van der Waals surface area contributed by atoms with Crippen LogP contribution >= 0.6 is 11.3 Å². The zero-order valence-electron chi connectivity index (χ0n) is 28.0. The van der Waals surface area contributed by atoms with Gasteiger partial charge in [-0.1, -0.05) is 48.9 Å². The van der Waals surface area contributed by atoms with Gasteiger partial charge in [0.15, 0.2) is 0 Å². The summed E-state index contributed by atoms with van der Waals surface area (Å²) in [7, 11) is 0. The fourth-order valence-electron chi connectivity index (χ4n) is 5.12. The molecule has 40 heavy (non-hydrogen) atoms. The van der Waals surface area contributed by atoms with Crippen LogP contribution in [0.15, 0.2) is 85.2 Å². The molecule has 4 heterocycles. The third-order valence-corrected chi connectivity index (χ3v) is 8.35.